The molecule has 0 saturated carbocycles. The minimum atomic E-state index is -2.38. The molecule has 0 amide bonds. The van der Waals surface area contributed by atoms with Crippen LogP contribution < -0.4 is 16.2 Å². The smallest absolute Gasteiger partial charge is 0.338 e. The van der Waals surface area contributed by atoms with Crippen LogP contribution in [0.3, 0.4) is 0 Å². The van der Waals surface area contributed by atoms with Gasteiger partial charge >= 0.3 is 5.97 Å². The number of phenols is 2. The topological polar surface area (TPSA) is 238 Å². The van der Waals surface area contributed by atoms with Crippen molar-refractivity contribution in [3.63, 3.8) is 0 Å². The van der Waals surface area contributed by atoms with Crippen molar-refractivity contribution in [2.45, 2.75) is 62.4 Å². The normalized spacial score (nSPS) is 25.6. The summed E-state index contributed by atoms with van der Waals surface area (Å²) in [5.41, 5.74) is 8.26. The summed E-state index contributed by atoms with van der Waals surface area (Å²) in [5.74, 6) is -4.86. The largest absolute Gasteiger partial charge is 0.507 e. The van der Waals surface area contributed by atoms with Crippen molar-refractivity contribution in [1.29, 1.82) is 0 Å². The van der Waals surface area contributed by atoms with E-state index in [9.17, 15) is 39.6 Å². The van der Waals surface area contributed by atoms with E-state index >= 15 is 0 Å². The molecule has 0 unspecified atom stereocenters. The Balaban J connectivity index is 1.38. The number of hydrogen-bond acceptors (Lipinski definition) is 14. The number of fused-ring (bicyclic) bond motifs is 3. The molecule has 0 aromatic heterocycles. The van der Waals surface area contributed by atoms with Crippen LogP contribution in [0.4, 0.5) is 0 Å². The Labute approximate surface area is 290 Å². The second-order valence-corrected chi connectivity index (χ2v) is 13.0. The van der Waals surface area contributed by atoms with E-state index < -0.39 is 102 Å². The van der Waals surface area contributed by atoms with Gasteiger partial charge in [0.05, 0.1) is 47.7 Å². The van der Waals surface area contributed by atoms with Gasteiger partial charge in [-0.15, -0.1) is 0 Å². The molecule has 6 atom stereocenters. The van der Waals surface area contributed by atoms with Gasteiger partial charge in [-0.1, -0.05) is 36.5 Å². The van der Waals surface area contributed by atoms with Crippen molar-refractivity contribution in [1.82, 2.24) is 0 Å². The average Bonchev–Trinajstić information content (AvgIpc) is 3.09. The molecule has 8 N–H and O–H groups in total. The number of methoxy groups -OCH3 is 1. The van der Waals surface area contributed by atoms with Crippen molar-refractivity contribution in [2.24, 2.45) is 11.5 Å². The Morgan fingerprint density at radius 3 is 2.32 bits per heavy atom. The second-order valence-electron chi connectivity index (χ2n) is 12.5. The van der Waals surface area contributed by atoms with Crippen LogP contribution >= 0.6 is 12.2 Å². The number of hydrogen-bond donors (Lipinski definition) is 6. The highest BCUT2D eigenvalue weighted by atomic mass is 32.1. The molecule has 50 heavy (non-hydrogen) atoms. The summed E-state index contributed by atoms with van der Waals surface area (Å²) in [5, 5.41) is 45.5. The quantitative estimate of drug-likeness (QED) is 0.0865. The lowest BCUT2D eigenvalue weighted by Gasteiger charge is -2.42. The van der Waals surface area contributed by atoms with Crippen LogP contribution in [0.5, 0.6) is 17.2 Å². The molecular formula is C35H34N2O12S. The van der Waals surface area contributed by atoms with Crippen molar-refractivity contribution in [2.75, 3.05) is 13.7 Å². The summed E-state index contributed by atoms with van der Waals surface area (Å²) in [6.45, 7) is 0.667. The van der Waals surface area contributed by atoms with E-state index in [1.54, 1.807) is 6.92 Å². The number of ketones is 3. The van der Waals surface area contributed by atoms with Crippen molar-refractivity contribution < 1.29 is 58.6 Å². The molecule has 2 aliphatic carbocycles. The molecule has 0 radical (unpaired) electrons. The number of nitrogens with two attached hydrogens (primary N) is 2. The van der Waals surface area contributed by atoms with Crippen LogP contribution in [0.1, 0.15) is 84.8 Å². The Bertz CT molecular complexity index is 1930. The lowest BCUT2D eigenvalue weighted by atomic mass is 9.72. The number of thiocarbonyl (C=S) groups is 1. The molecule has 6 rings (SSSR count). The number of esters is 1. The maximum absolute atomic E-state index is 13.9. The number of ether oxygens (including phenoxy) is 4. The molecule has 3 aliphatic rings. The monoisotopic (exact) mass is 706 g/mol. The van der Waals surface area contributed by atoms with Crippen LogP contribution in [-0.4, -0.2) is 92.6 Å². The van der Waals surface area contributed by atoms with Crippen LogP contribution in [-0.2, 0) is 25.4 Å². The van der Waals surface area contributed by atoms with Gasteiger partial charge in [-0.2, -0.15) is 0 Å². The zero-order chi connectivity index (χ0) is 36.2. The van der Waals surface area contributed by atoms with E-state index in [1.165, 1.54) is 49.6 Å². The van der Waals surface area contributed by atoms with Gasteiger partial charge < -0.3 is 50.8 Å². The summed E-state index contributed by atoms with van der Waals surface area (Å²) >= 11 is 4.92. The maximum atomic E-state index is 13.9. The Kier molecular flexibility index (Phi) is 9.24. The van der Waals surface area contributed by atoms with Crippen molar-refractivity contribution >= 4 is 40.5 Å². The first-order valence-electron chi connectivity index (χ1n) is 15.6. The molecule has 14 nitrogen and oxygen atoms in total. The number of rotatable bonds is 8. The summed E-state index contributed by atoms with van der Waals surface area (Å²) in [6, 6.07) is 9.36. The van der Waals surface area contributed by atoms with Crippen LogP contribution in [0.25, 0.3) is 0 Å². The van der Waals surface area contributed by atoms with Gasteiger partial charge in [0.1, 0.15) is 27.8 Å². The molecule has 1 heterocycles. The fraction of sp³-hybridized carbons (Fsp3) is 0.343. The Morgan fingerprint density at radius 2 is 1.68 bits per heavy atom. The number of aliphatic hydroxyl groups is 2. The highest BCUT2D eigenvalue weighted by Crippen LogP contribution is 2.52. The number of carbonyl (C=O) groups is 4. The third-order valence-electron chi connectivity index (χ3n) is 9.40. The van der Waals surface area contributed by atoms with Crippen LogP contribution in [0, 0.1) is 0 Å². The predicted octanol–water partition coefficient (Wildman–Crippen LogP) is 1.50. The van der Waals surface area contributed by atoms with Gasteiger partial charge in [-0.3, -0.25) is 14.4 Å². The number of aromatic hydroxyl groups is 2. The lowest BCUT2D eigenvalue weighted by molar-refractivity contribution is -0.247. The van der Waals surface area contributed by atoms with Gasteiger partial charge in [0.15, 0.2) is 18.7 Å². The van der Waals surface area contributed by atoms with E-state index in [0.29, 0.717) is 5.56 Å². The molecule has 1 fully saturated rings. The van der Waals surface area contributed by atoms with Crippen LogP contribution in [0.2, 0.25) is 0 Å². The highest BCUT2D eigenvalue weighted by molar-refractivity contribution is 7.80. The molecule has 3 aromatic rings. The third-order valence-corrected chi connectivity index (χ3v) is 9.64. The molecule has 0 spiro atoms. The SMILES string of the molecule is COc1cccc2c1C(=O)c1c(O)c3c(c(O)c1C2=O)C[C@@](O)(C(=O)COC(=O)c1ccc(C(N)=S)cc1)C[C@@H]3O[C@H]1C[C@H](N)[C@H](O)[C@H](C)O1. The summed E-state index contributed by atoms with van der Waals surface area (Å²) in [6.07, 6.45) is -5.61. The zero-order valence-electron chi connectivity index (χ0n) is 26.9. The Hall–Kier alpha value is -4.77. The van der Waals surface area contributed by atoms with Gasteiger partial charge in [-0.25, -0.2) is 4.79 Å². The van der Waals surface area contributed by atoms with Gasteiger partial charge in [0.2, 0.25) is 11.6 Å². The molecule has 1 aliphatic heterocycles. The van der Waals surface area contributed by atoms with E-state index in [0.717, 1.165) is 0 Å². The maximum Gasteiger partial charge on any atom is 0.338 e. The number of phenolic OH excluding ortho intramolecular Hbond substituents is 2. The second kappa shape index (κ2) is 13.2. The van der Waals surface area contributed by atoms with E-state index in [-0.39, 0.29) is 45.0 Å². The summed E-state index contributed by atoms with van der Waals surface area (Å²) in [4.78, 5) is 54.2. The number of benzene rings is 3. The van der Waals surface area contributed by atoms with Gasteiger partial charge in [0, 0.05) is 47.6 Å². The summed E-state index contributed by atoms with van der Waals surface area (Å²) < 4.78 is 22.5. The fourth-order valence-electron chi connectivity index (χ4n) is 6.72. The molecule has 262 valence electrons. The summed E-state index contributed by atoms with van der Waals surface area (Å²) in [7, 11) is 1.31. The number of aliphatic hydroxyl groups excluding tert-OH is 1. The third kappa shape index (κ3) is 5.91. The standard InChI is InChI=1S/C35H34N2O12S/c1-14-28(39)19(36)10-23(48-14)49-21-12-35(45,22(38)13-47-34(44)16-8-6-15(7-9-16)33(37)50)11-18-25(21)32(43)27-26(30(18)41)29(40)17-4-3-5-20(46-2)24(17)31(27)42/h3-9,14,19,21,23,28,39,41,43,45H,10-13,36H2,1-2H3,(H2,37,50)/t14-,19-,21-,23-,28+,35-/m0/s1. The highest BCUT2D eigenvalue weighted by Gasteiger charge is 2.50. The molecular weight excluding hydrogens is 672 g/mol. The minimum absolute atomic E-state index is 0.0331. The van der Waals surface area contributed by atoms with Gasteiger partial charge in [-0.05, 0) is 25.1 Å². The zero-order valence-corrected chi connectivity index (χ0v) is 27.7. The molecule has 1 saturated heterocycles. The number of Topliss-reactive ketones (excluding diaryl/α,β-unsaturated/α-hetero) is 1. The molecule has 0 bridgehead atoms. The number of carbonyl (C=O) groups excluding carboxylic acids is 4. The van der Waals surface area contributed by atoms with E-state index in [2.05, 4.69) is 0 Å². The van der Waals surface area contributed by atoms with Crippen LogP contribution in [0.15, 0.2) is 42.5 Å². The first-order valence-corrected chi connectivity index (χ1v) is 16.0. The Morgan fingerprint density at radius 1 is 1.02 bits per heavy atom. The molecule has 15 heteroatoms. The minimum Gasteiger partial charge on any atom is -0.507 e. The predicted molar refractivity (Wildman–Crippen MR) is 177 cm³/mol. The first kappa shape index (κ1) is 35.1. The fourth-order valence-corrected chi connectivity index (χ4v) is 6.86. The average molecular weight is 707 g/mol. The lowest BCUT2D eigenvalue weighted by Crippen LogP contribution is -2.53. The van der Waals surface area contributed by atoms with E-state index in [4.69, 9.17) is 42.6 Å². The van der Waals surface area contributed by atoms with Crippen molar-refractivity contribution in [3.05, 3.63) is 87.0 Å². The van der Waals surface area contributed by atoms with Gasteiger partial charge in [0.25, 0.3) is 0 Å². The van der Waals surface area contributed by atoms with Crippen molar-refractivity contribution in [3.8, 4) is 17.2 Å². The van der Waals surface area contributed by atoms with E-state index in [1.807, 2.05) is 0 Å². The molecule has 3 aromatic carbocycles. The first-order chi connectivity index (χ1) is 23.7.